The molecule has 0 atom stereocenters. The number of imidazole rings is 1. The molecule has 0 saturated heterocycles. The standard InChI is InChI=1S/C15H11N5O3S/c16-11-13(24(22,23)10-3-1-9(21)2-4-10)12-15(18-6-5-17-12)20-8-7-19-14(11)20/h1-8,21H,16H2. The van der Waals surface area contributed by atoms with E-state index < -0.39 is 9.84 Å². The normalized spacial score (nSPS) is 12.0. The minimum absolute atomic E-state index is 0.000995. The monoisotopic (exact) mass is 341 g/mol. The van der Waals surface area contributed by atoms with E-state index in [4.69, 9.17) is 5.73 Å². The number of sulfone groups is 1. The van der Waals surface area contributed by atoms with Crippen LogP contribution in [-0.4, -0.2) is 32.9 Å². The maximum absolute atomic E-state index is 13.1. The van der Waals surface area contributed by atoms with Crippen molar-refractivity contribution in [3.63, 3.8) is 0 Å². The van der Waals surface area contributed by atoms with Crippen molar-refractivity contribution in [3.05, 3.63) is 49.1 Å². The lowest BCUT2D eigenvalue weighted by molar-refractivity contribution is 0.475. The molecule has 0 bridgehead atoms. The van der Waals surface area contributed by atoms with Crippen LogP contribution in [0.25, 0.3) is 16.8 Å². The topological polar surface area (TPSA) is 123 Å². The van der Waals surface area contributed by atoms with Gasteiger partial charge in [0.25, 0.3) is 0 Å². The van der Waals surface area contributed by atoms with Crippen LogP contribution < -0.4 is 5.73 Å². The van der Waals surface area contributed by atoms with Crippen molar-refractivity contribution < 1.29 is 13.5 Å². The van der Waals surface area contributed by atoms with Crippen LogP contribution in [0.2, 0.25) is 0 Å². The van der Waals surface area contributed by atoms with Crippen LogP contribution in [0.15, 0.2) is 58.8 Å². The number of fused-ring (bicyclic) bond motifs is 3. The lowest BCUT2D eigenvalue weighted by atomic mass is 10.3. The van der Waals surface area contributed by atoms with Gasteiger partial charge in [-0.2, -0.15) is 0 Å². The lowest BCUT2D eigenvalue weighted by Gasteiger charge is -2.12. The molecule has 0 fully saturated rings. The van der Waals surface area contributed by atoms with Gasteiger partial charge in [0.1, 0.15) is 16.2 Å². The number of rotatable bonds is 2. The number of benzene rings is 1. The Balaban J connectivity index is 2.15. The lowest BCUT2D eigenvalue weighted by Crippen LogP contribution is -2.10. The number of hydrogen-bond donors (Lipinski definition) is 2. The summed E-state index contributed by atoms with van der Waals surface area (Å²) in [6.45, 7) is 0. The molecule has 120 valence electrons. The first kappa shape index (κ1) is 14.4. The molecule has 3 aromatic heterocycles. The predicted octanol–water partition coefficient (Wildman–Crippen LogP) is 1.40. The number of hydrogen-bond acceptors (Lipinski definition) is 7. The van der Waals surface area contributed by atoms with Crippen LogP contribution >= 0.6 is 0 Å². The molecule has 3 heterocycles. The summed E-state index contributed by atoms with van der Waals surface area (Å²) in [5.74, 6) is -0.0321. The number of anilines is 1. The zero-order valence-electron chi connectivity index (χ0n) is 12.2. The van der Waals surface area contributed by atoms with Gasteiger partial charge in [-0.3, -0.25) is 4.40 Å². The predicted molar refractivity (Wildman–Crippen MR) is 86.3 cm³/mol. The molecular formula is C15H11N5O3S. The number of nitrogens with zero attached hydrogens (tertiary/aromatic N) is 4. The number of phenolic OH excluding ortho intramolecular Hbond substituents is 1. The second-order valence-electron chi connectivity index (χ2n) is 5.09. The van der Waals surface area contributed by atoms with Crippen molar-refractivity contribution in [1.82, 2.24) is 19.4 Å². The second-order valence-corrected chi connectivity index (χ2v) is 6.98. The van der Waals surface area contributed by atoms with Gasteiger partial charge in [0, 0.05) is 24.8 Å². The second kappa shape index (κ2) is 4.90. The molecule has 24 heavy (non-hydrogen) atoms. The Morgan fingerprint density at radius 2 is 1.62 bits per heavy atom. The summed E-state index contributed by atoms with van der Waals surface area (Å²) in [6.07, 6.45) is 6.02. The van der Waals surface area contributed by atoms with E-state index in [1.165, 1.54) is 42.9 Å². The van der Waals surface area contributed by atoms with E-state index in [0.717, 1.165) is 0 Å². The molecule has 9 heteroatoms. The number of phenols is 1. The fourth-order valence-corrected chi connectivity index (χ4v) is 4.09. The highest BCUT2D eigenvalue weighted by Crippen LogP contribution is 2.34. The summed E-state index contributed by atoms with van der Waals surface area (Å²) in [4.78, 5) is 12.3. The molecule has 4 rings (SSSR count). The van der Waals surface area contributed by atoms with Crippen molar-refractivity contribution in [3.8, 4) is 5.75 Å². The SMILES string of the molecule is Nc1c(S(=O)(=O)c2ccc(O)cc2)c2nccnc2n2ccnc12. The maximum Gasteiger partial charge on any atom is 0.211 e. The molecule has 0 spiro atoms. The molecule has 3 N–H and O–H groups in total. The van der Waals surface area contributed by atoms with E-state index in [1.807, 2.05) is 0 Å². The van der Waals surface area contributed by atoms with Gasteiger partial charge in [-0.05, 0) is 24.3 Å². The first-order valence-electron chi connectivity index (χ1n) is 6.89. The number of nitrogens with two attached hydrogens (primary N) is 1. The van der Waals surface area contributed by atoms with Crippen molar-refractivity contribution in [1.29, 1.82) is 0 Å². The Morgan fingerprint density at radius 1 is 0.958 bits per heavy atom. The number of nitrogen functional groups attached to an aromatic ring is 1. The molecular weight excluding hydrogens is 330 g/mol. The first-order chi connectivity index (χ1) is 11.5. The van der Waals surface area contributed by atoms with Crippen molar-refractivity contribution in [2.75, 3.05) is 5.73 Å². The Bertz CT molecular complexity index is 1180. The third kappa shape index (κ3) is 1.91. The average Bonchev–Trinajstić information content (AvgIpc) is 3.06. The number of aromatic hydroxyl groups is 1. The van der Waals surface area contributed by atoms with Crippen LogP contribution in [0.5, 0.6) is 5.75 Å². The third-order valence-corrected chi connectivity index (χ3v) is 5.51. The summed E-state index contributed by atoms with van der Waals surface area (Å²) in [6, 6.07) is 5.21. The van der Waals surface area contributed by atoms with Gasteiger partial charge in [-0.15, -0.1) is 0 Å². The largest absolute Gasteiger partial charge is 0.508 e. The summed E-state index contributed by atoms with van der Waals surface area (Å²) in [5, 5.41) is 9.38. The zero-order chi connectivity index (χ0) is 16.9. The van der Waals surface area contributed by atoms with Gasteiger partial charge in [0.15, 0.2) is 11.3 Å². The van der Waals surface area contributed by atoms with E-state index in [0.29, 0.717) is 11.3 Å². The molecule has 0 aliphatic rings. The van der Waals surface area contributed by atoms with E-state index in [1.54, 1.807) is 10.6 Å². The Kier molecular flexibility index (Phi) is 2.94. The highest BCUT2D eigenvalue weighted by molar-refractivity contribution is 7.92. The summed E-state index contributed by atoms with van der Waals surface area (Å²) in [5.41, 5.74) is 6.90. The van der Waals surface area contributed by atoms with Gasteiger partial charge in [-0.25, -0.2) is 23.4 Å². The Hall–Kier alpha value is -3.20. The highest BCUT2D eigenvalue weighted by Gasteiger charge is 2.27. The van der Waals surface area contributed by atoms with Crippen molar-refractivity contribution in [2.45, 2.75) is 9.79 Å². The fourth-order valence-electron chi connectivity index (χ4n) is 2.59. The van der Waals surface area contributed by atoms with Gasteiger partial charge in [-0.1, -0.05) is 0 Å². The van der Waals surface area contributed by atoms with Gasteiger partial charge < -0.3 is 10.8 Å². The molecule has 0 amide bonds. The molecule has 4 aromatic rings. The Labute approximate surface area is 136 Å². The van der Waals surface area contributed by atoms with Gasteiger partial charge in [0.05, 0.1) is 10.6 Å². The van der Waals surface area contributed by atoms with E-state index in [2.05, 4.69) is 15.0 Å². The maximum atomic E-state index is 13.1. The van der Waals surface area contributed by atoms with Crippen molar-refractivity contribution >= 4 is 32.3 Å². The summed E-state index contributed by atoms with van der Waals surface area (Å²) < 4.78 is 27.7. The van der Waals surface area contributed by atoms with E-state index in [9.17, 15) is 13.5 Å². The molecule has 8 nitrogen and oxygen atoms in total. The zero-order valence-corrected chi connectivity index (χ0v) is 13.0. The van der Waals surface area contributed by atoms with Crippen LogP contribution in [-0.2, 0) is 9.84 Å². The van der Waals surface area contributed by atoms with Gasteiger partial charge in [0.2, 0.25) is 9.84 Å². The molecule has 0 unspecified atom stereocenters. The van der Waals surface area contributed by atoms with E-state index >= 15 is 0 Å². The number of aromatic nitrogens is 4. The van der Waals surface area contributed by atoms with Crippen LogP contribution in [0, 0.1) is 0 Å². The first-order valence-corrected chi connectivity index (χ1v) is 8.38. The molecule has 0 radical (unpaired) electrons. The summed E-state index contributed by atoms with van der Waals surface area (Å²) in [7, 11) is -3.97. The third-order valence-electron chi connectivity index (χ3n) is 3.66. The smallest absolute Gasteiger partial charge is 0.211 e. The molecule has 0 aliphatic heterocycles. The average molecular weight is 341 g/mol. The number of pyridine rings is 1. The van der Waals surface area contributed by atoms with Gasteiger partial charge >= 0.3 is 0 Å². The van der Waals surface area contributed by atoms with Crippen molar-refractivity contribution in [2.24, 2.45) is 0 Å². The minimum atomic E-state index is -3.97. The molecule has 0 aliphatic carbocycles. The van der Waals surface area contributed by atoms with Crippen LogP contribution in [0.1, 0.15) is 0 Å². The van der Waals surface area contributed by atoms with Crippen LogP contribution in [0.4, 0.5) is 5.69 Å². The fraction of sp³-hybridized carbons (Fsp3) is 0. The molecule has 1 aromatic carbocycles. The molecule has 0 saturated carbocycles. The summed E-state index contributed by atoms with van der Waals surface area (Å²) >= 11 is 0. The van der Waals surface area contributed by atoms with E-state index in [-0.39, 0.29) is 26.7 Å². The minimum Gasteiger partial charge on any atom is -0.508 e. The quantitative estimate of drug-likeness (QED) is 0.565. The highest BCUT2D eigenvalue weighted by atomic mass is 32.2. The Morgan fingerprint density at radius 3 is 2.38 bits per heavy atom. The van der Waals surface area contributed by atoms with Crippen LogP contribution in [0.3, 0.4) is 0 Å².